The molecule has 0 radical (unpaired) electrons. The fraction of sp³-hybridized carbons (Fsp3) is 0.0385. The molecule has 4 aromatic carbocycles. The van der Waals surface area contributed by atoms with E-state index in [-0.39, 0.29) is 6.04 Å². The van der Waals surface area contributed by atoms with Crippen molar-refractivity contribution in [2.45, 2.75) is 6.04 Å². The molecule has 0 bridgehead atoms. The normalized spacial score (nSPS) is 15.6. The molecule has 0 fully saturated rings. The summed E-state index contributed by atoms with van der Waals surface area (Å²) in [7, 11) is 0. The van der Waals surface area contributed by atoms with E-state index in [9.17, 15) is 0 Å². The Kier molecular flexibility index (Phi) is 4.23. The van der Waals surface area contributed by atoms with Crippen molar-refractivity contribution in [1.29, 1.82) is 0 Å². The van der Waals surface area contributed by atoms with Crippen molar-refractivity contribution < 1.29 is 0 Å². The molecule has 2 heteroatoms. The van der Waals surface area contributed by atoms with Crippen molar-refractivity contribution in [2.24, 2.45) is 4.99 Å². The smallest absolute Gasteiger partial charge is 0.141 e. The lowest BCUT2D eigenvalue weighted by Gasteiger charge is -2.39. The van der Waals surface area contributed by atoms with Crippen LogP contribution in [0.25, 0.3) is 0 Å². The summed E-state index contributed by atoms with van der Waals surface area (Å²) in [5, 5.41) is 0. The Hall–Kier alpha value is -3.65. The Labute approximate surface area is 165 Å². The SMILES string of the molecule is c1ccc(C2=Nc3ccccc3C(c3ccccc3)N2c2ccccc2)cc1. The van der Waals surface area contributed by atoms with Crippen LogP contribution in [0.2, 0.25) is 0 Å². The van der Waals surface area contributed by atoms with E-state index in [4.69, 9.17) is 4.99 Å². The number of amidine groups is 1. The highest BCUT2D eigenvalue weighted by molar-refractivity contribution is 6.13. The predicted octanol–water partition coefficient (Wildman–Crippen LogP) is 6.37. The maximum Gasteiger partial charge on any atom is 0.141 e. The zero-order valence-electron chi connectivity index (χ0n) is 15.4. The van der Waals surface area contributed by atoms with Crippen LogP contribution in [0.5, 0.6) is 0 Å². The molecule has 28 heavy (non-hydrogen) atoms. The van der Waals surface area contributed by atoms with E-state index in [2.05, 4.69) is 114 Å². The number of fused-ring (bicyclic) bond motifs is 1. The lowest BCUT2D eigenvalue weighted by Crippen LogP contribution is -2.38. The second-order valence-corrected chi connectivity index (χ2v) is 6.88. The Morgan fingerprint density at radius 2 is 1.14 bits per heavy atom. The third-order valence-electron chi connectivity index (χ3n) is 5.13. The first-order valence-electron chi connectivity index (χ1n) is 9.54. The van der Waals surface area contributed by atoms with E-state index in [1.807, 2.05) is 6.07 Å². The molecule has 2 nitrogen and oxygen atoms in total. The van der Waals surface area contributed by atoms with E-state index >= 15 is 0 Å². The average molecular weight is 360 g/mol. The van der Waals surface area contributed by atoms with E-state index in [1.54, 1.807) is 0 Å². The summed E-state index contributed by atoms with van der Waals surface area (Å²) in [4.78, 5) is 7.45. The zero-order valence-corrected chi connectivity index (χ0v) is 15.4. The fourth-order valence-electron chi connectivity index (χ4n) is 3.86. The molecule has 1 aliphatic rings. The highest BCUT2D eigenvalue weighted by Gasteiger charge is 2.32. The minimum absolute atomic E-state index is 0.0625. The number of rotatable bonds is 3. The van der Waals surface area contributed by atoms with E-state index in [0.29, 0.717) is 0 Å². The molecule has 1 heterocycles. The van der Waals surface area contributed by atoms with Gasteiger partial charge in [0.15, 0.2) is 0 Å². The monoisotopic (exact) mass is 360 g/mol. The highest BCUT2D eigenvalue weighted by atomic mass is 15.2. The largest absolute Gasteiger partial charge is 0.314 e. The second-order valence-electron chi connectivity index (χ2n) is 6.88. The van der Waals surface area contributed by atoms with Gasteiger partial charge in [0.25, 0.3) is 0 Å². The number of nitrogens with zero attached hydrogens (tertiary/aromatic N) is 2. The van der Waals surface area contributed by atoms with Gasteiger partial charge < -0.3 is 4.90 Å². The Balaban J connectivity index is 1.79. The summed E-state index contributed by atoms with van der Waals surface area (Å²) >= 11 is 0. The molecule has 0 saturated heterocycles. The van der Waals surface area contributed by atoms with Crippen molar-refractivity contribution in [1.82, 2.24) is 0 Å². The first-order valence-corrected chi connectivity index (χ1v) is 9.54. The summed E-state index contributed by atoms with van der Waals surface area (Å²) in [6.45, 7) is 0. The number of anilines is 1. The molecular formula is C26H20N2. The van der Waals surface area contributed by atoms with Gasteiger partial charge in [0.1, 0.15) is 5.84 Å². The molecule has 0 spiro atoms. The van der Waals surface area contributed by atoms with Crippen LogP contribution in [0.15, 0.2) is 120 Å². The summed E-state index contributed by atoms with van der Waals surface area (Å²) in [5.41, 5.74) is 5.75. The molecule has 1 atom stereocenters. The Morgan fingerprint density at radius 3 is 1.86 bits per heavy atom. The minimum atomic E-state index is 0.0625. The van der Waals surface area contributed by atoms with Crippen LogP contribution in [0.1, 0.15) is 22.7 Å². The van der Waals surface area contributed by atoms with Crippen molar-refractivity contribution in [3.05, 3.63) is 132 Å². The average Bonchev–Trinajstić information content (AvgIpc) is 2.79. The van der Waals surface area contributed by atoms with Gasteiger partial charge in [-0.3, -0.25) is 0 Å². The lowest BCUT2D eigenvalue weighted by molar-refractivity contribution is 0.825. The molecule has 5 rings (SSSR count). The maximum absolute atomic E-state index is 5.09. The standard InChI is InChI=1S/C26H20N2/c1-4-12-20(13-5-1)25-23-18-10-11-19-24(23)27-26(21-14-6-2-7-15-21)28(25)22-16-8-3-9-17-22/h1-19,25H. The van der Waals surface area contributed by atoms with Gasteiger partial charge in [0, 0.05) is 16.8 Å². The molecule has 134 valence electrons. The molecule has 0 saturated carbocycles. The summed E-state index contributed by atoms with van der Waals surface area (Å²) < 4.78 is 0. The van der Waals surface area contributed by atoms with Gasteiger partial charge in [-0.25, -0.2) is 4.99 Å². The van der Waals surface area contributed by atoms with Crippen molar-refractivity contribution in [3.8, 4) is 0 Å². The van der Waals surface area contributed by atoms with Crippen LogP contribution in [0.4, 0.5) is 11.4 Å². The minimum Gasteiger partial charge on any atom is -0.314 e. The maximum atomic E-state index is 5.09. The van der Waals surface area contributed by atoms with Gasteiger partial charge in [-0.15, -0.1) is 0 Å². The number of benzene rings is 4. The fourth-order valence-corrected chi connectivity index (χ4v) is 3.86. The Bertz CT molecular complexity index is 1100. The quantitative estimate of drug-likeness (QED) is 0.414. The highest BCUT2D eigenvalue weighted by Crippen LogP contribution is 2.42. The third-order valence-corrected chi connectivity index (χ3v) is 5.13. The number of para-hydroxylation sites is 2. The van der Waals surface area contributed by atoms with Gasteiger partial charge >= 0.3 is 0 Å². The van der Waals surface area contributed by atoms with Gasteiger partial charge in [-0.2, -0.15) is 0 Å². The van der Waals surface area contributed by atoms with Gasteiger partial charge in [-0.05, 0) is 23.8 Å². The first-order chi connectivity index (χ1) is 13.9. The molecule has 1 aliphatic heterocycles. The molecule has 0 aromatic heterocycles. The Morgan fingerprint density at radius 1 is 0.571 bits per heavy atom. The van der Waals surface area contributed by atoms with Crippen molar-refractivity contribution in [3.63, 3.8) is 0 Å². The lowest BCUT2D eigenvalue weighted by atomic mass is 9.92. The topological polar surface area (TPSA) is 15.6 Å². The van der Waals surface area contributed by atoms with Crippen molar-refractivity contribution in [2.75, 3.05) is 4.90 Å². The summed E-state index contributed by atoms with van der Waals surface area (Å²) in [5.74, 6) is 0.972. The van der Waals surface area contributed by atoms with Crippen LogP contribution in [-0.2, 0) is 0 Å². The molecule has 0 N–H and O–H groups in total. The van der Waals surface area contributed by atoms with Gasteiger partial charge in [-0.1, -0.05) is 97.1 Å². The van der Waals surface area contributed by atoms with E-state index < -0.39 is 0 Å². The first kappa shape index (κ1) is 16.5. The predicted molar refractivity (Wildman–Crippen MR) is 116 cm³/mol. The van der Waals surface area contributed by atoms with Crippen LogP contribution in [0.3, 0.4) is 0 Å². The molecule has 0 amide bonds. The number of hydrogen-bond donors (Lipinski definition) is 0. The summed E-state index contributed by atoms with van der Waals surface area (Å²) in [6.07, 6.45) is 0. The van der Waals surface area contributed by atoms with E-state index in [0.717, 1.165) is 22.8 Å². The van der Waals surface area contributed by atoms with Gasteiger partial charge in [0.2, 0.25) is 0 Å². The number of hydrogen-bond acceptors (Lipinski definition) is 2. The third kappa shape index (κ3) is 2.89. The second kappa shape index (κ2) is 7.16. The van der Waals surface area contributed by atoms with Crippen LogP contribution in [-0.4, -0.2) is 5.84 Å². The van der Waals surface area contributed by atoms with Crippen LogP contribution in [0, 0.1) is 0 Å². The zero-order chi connectivity index (χ0) is 18.8. The van der Waals surface area contributed by atoms with Gasteiger partial charge in [0.05, 0.1) is 11.7 Å². The van der Waals surface area contributed by atoms with E-state index in [1.165, 1.54) is 11.1 Å². The summed E-state index contributed by atoms with van der Waals surface area (Å²) in [6, 6.07) is 40.2. The molecule has 4 aromatic rings. The molecule has 1 unspecified atom stereocenters. The van der Waals surface area contributed by atoms with Crippen molar-refractivity contribution >= 4 is 17.2 Å². The number of aliphatic imine (C=N–C) groups is 1. The van der Waals surface area contributed by atoms with Crippen LogP contribution >= 0.6 is 0 Å². The molecule has 0 aliphatic carbocycles. The molecular weight excluding hydrogens is 340 g/mol. The van der Waals surface area contributed by atoms with Crippen LogP contribution < -0.4 is 4.90 Å².